The average Bonchev–Trinajstić information content (AvgIpc) is 2.40. The molecule has 0 fully saturated rings. The van der Waals surface area contributed by atoms with E-state index < -0.39 is 23.6 Å². The second-order valence-corrected chi connectivity index (χ2v) is 4.75. The molecule has 0 radical (unpaired) electrons. The standard InChI is InChI=1S/C16H14F4O/c1-9-6-12(21-3)7-10(2)15(9)11-4-5-14(17)13(8-11)16(18,19)20/h4-8H,1-3H3/i5D. The first-order chi connectivity index (χ1) is 10.1. The first-order valence-corrected chi connectivity index (χ1v) is 6.18. The third-order valence-electron chi connectivity index (χ3n) is 3.23. The van der Waals surface area contributed by atoms with E-state index in [-0.39, 0.29) is 5.56 Å². The van der Waals surface area contributed by atoms with Crippen molar-refractivity contribution >= 4 is 0 Å². The second-order valence-electron chi connectivity index (χ2n) is 4.75. The molecule has 1 nitrogen and oxygen atoms in total. The molecule has 0 amide bonds. The molecule has 21 heavy (non-hydrogen) atoms. The second kappa shape index (κ2) is 5.39. The minimum absolute atomic E-state index is 0.163. The highest BCUT2D eigenvalue weighted by Gasteiger charge is 2.34. The molecule has 0 aliphatic heterocycles. The Morgan fingerprint density at radius 1 is 1.10 bits per heavy atom. The summed E-state index contributed by atoms with van der Waals surface area (Å²) >= 11 is 0. The van der Waals surface area contributed by atoms with Crippen molar-refractivity contribution in [3.63, 3.8) is 0 Å². The maximum Gasteiger partial charge on any atom is 0.419 e. The van der Waals surface area contributed by atoms with Crippen LogP contribution in [-0.2, 0) is 6.18 Å². The Hall–Kier alpha value is -2.04. The molecule has 0 atom stereocenters. The van der Waals surface area contributed by atoms with Crippen molar-refractivity contribution in [2.45, 2.75) is 20.0 Å². The fourth-order valence-electron chi connectivity index (χ4n) is 2.33. The van der Waals surface area contributed by atoms with Crippen LogP contribution in [0.1, 0.15) is 18.1 Å². The lowest BCUT2D eigenvalue weighted by atomic mass is 9.94. The lowest BCUT2D eigenvalue weighted by Crippen LogP contribution is -2.08. The van der Waals surface area contributed by atoms with Crippen molar-refractivity contribution in [2.24, 2.45) is 0 Å². The van der Waals surface area contributed by atoms with Gasteiger partial charge in [0.2, 0.25) is 0 Å². The van der Waals surface area contributed by atoms with E-state index in [0.717, 1.165) is 12.1 Å². The minimum atomic E-state index is -4.84. The molecule has 0 spiro atoms. The molecule has 5 heteroatoms. The Morgan fingerprint density at radius 3 is 2.14 bits per heavy atom. The Kier molecular flexibility index (Phi) is 3.57. The number of rotatable bonds is 2. The first-order valence-electron chi connectivity index (χ1n) is 6.68. The van der Waals surface area contributed by atoms with Crippen LogP contribution in [0.15, 0.2) is 30.3 Å². The van der Waals surface area contributed by atoms with Crippen LogP contribution in [-0.4, -0.2) is 7.11 Å². The van der Waals surface area contributed by atoms with Crippen molar-refractivity contribution in [3.8, 4) is 16.9 Å². The van der Waals surface area contributed by atoms with E-state index >= 15 is 0 Å². The molecule has 0 aliphatic rings. The van der Waals surface area contributed by atoms with Gasteiger partial charge in [0.05, 0.1) is 14.0 Å². The summed E-state index contributed by atoms with van der Waals surface area (Å²) < 4.78 is 64.8. The van der Waals surface area contributed by atoms with Crippen LogP contribution >= 0.6 is 0 Å². The number of benzene rings is 2. The van der Waals surface area contributed by atoms with Crippen LogP contribution in [0.5, 0.6) is 5.75 Å². The third-order valence-corrected chi connectivity index (χ3v) is 3.23. The van der Waals surface area contributed by atoms with E-state index in [1.54, 1.807) is 26.0 Å². The molecule has 112 valence electrons. The Labute approximate surface area is 121 Å². The molecular formula is C16H14F4O. The summed E-state index contributed by atoms with van der Waals surface area (Å²) in [7, 11) is 1.50. The van der Waals surface area contributed by atoms with Gasteiger partial charge >= 0.3 is 6.18 Å². The fourth-order valence-corrected chi connectivity index (χ4v) is 2.33. The highest BCUT2D eigenvalue weighted by molar-refractivity contribution is 5.72. The van der Waals surface area contributed by atoms with Gasteiger partial charge in [-0.1, -0.05) is 6.07 Å². The molecule has 2 rings (SSSR count). The number of hydrogen-bond acceptors (Lipinski definition) is 1. The SMILES string of the molecule is [2H]c1cc(-c2c(C)cc(OC)cc2C)cc(C(F)(F)F)c1F. The van der Waals surface area contributed by atoms with Crippen molar-refractivity contribution < 1.29 is 23.7 Å². The average molecular weight is 299 g/mol. The molecule has 0 saturated heterocycles. The molecule has 0 unspecified atom stereocenters. The normalized spacial score (nSPS) is 12.2. The van der Waals surface area contributed by atoms with E-state index in [0.29, 0.717) is 22.4 Å². The number of methoxy groups -OCH3 is 1. The molecule has 0 heterocycles. The summed E-state index contributed by atoms with van der Waals surface area (Å²) in [5, 5.41) is 0. The summed E-state index contributed by atoms with van der Waals surface area (Å²) in [4.78, 5) is 0. The molecule has 0 aliphatic carbocycles. The van der Waals surface area contributed by atoms with Crippen LogP contribution in [0.3, 0.4) is 0 Å². The van der Waals surface area contributed by atoms with Crippen LogP contribution in [0, 0.1) is 19.7 Å². The van der Waals surface area contributed by atoms with E-state index in [1.165, 1.54) is 7.11 Å². The van der Waals surface area contributed by atoms with Crippen LogP contribution < -0.4 is 4.74 Å². The van der Waals surface area contributed by atoms with E-state index in [9.17, 15) is 17.6 Å². The fraction of sp³-hybridized carbons (Fsp3) is 0.250. The lowest BCUT2D eigenvalue weighted by Gasteiger charge is -2.15. The number of halogens is 4. The monoisotopic (exact) mass is 299 g/mol. The molecule has 0 N–H and O–H groups in total. The van der Waals surface area contributed by atoms with Gasteiger partial charge in [-0.3, -0.25) is 0 Å². The van der Waals surface area contributed by atoms with Crippen molar-refractivity contribution in [1.29, 1.82) is 0 Å². The highest BCUT2D eigenvalue weighted by atomic mass is 19.4. The van der Waals surface area contributed by atoms with Crippen molar-refractivity contribution in [2.75, 3.05) is 7.11 Å². The van der Waals surface area contributed by atoms with Crippen LogP contribution in [0.25, 0.3) is 11.1 Å². The predicted octanol–water partition coefficient (Wildman–Crippen LogP) is 5.14. The lowest BCUT2D eigenvalue weighted by molar-refractivity contribution is -0.139. The third kappa shape index (κ3) is 3.01. The molecule has 2 aromatic rings. The highest BCUT2D eigenvalue weighted by Crippen LogP contribution is 2.37. The van der Waals surface area contributed by atoms with Gasteiger partial charge in [0.1, 0.15) is 11.6 Å². The van der Waals surface area contributed by atoms with Gasteiger partial charge in [-0.15, -0.1) is 0 Å². The van der Waals surface area contributed by atoms with Crippen LogP contribution in [0.4, 0.5) is 17.6 Å². The number of alkyl halides is 3. The summed E-state index contributed by atoms with van der Waals surface area (Å²) in [6.07, 6.45) is -4.84. The molecule has 0 bridgehead atoms. The van der Waals surface area contributed by atoms with Gasteiger partial charge in [-0.2, -0.15) is 13.2 Å². The summed E-state index contributed by atoms with van der Waals surface area (Å²) in [6.45, 7) is 3.45. The maximum atomic E-state index is 13.6. The number of ether oxygens (including phenoxy) is 1. The Balaban J connectivity index is 2.72. The van der Waals surface area contributed by atoms with Gasteiger partial charge < -0.3 is 4.74 Å². The topological polar surface area (TPSA) is 9.23 Å². The predicted molar refractivity (Wildman–Crippen MR) is 72.9 cm³/mol. The zero-order valence-electron chi connectivity index (χ0n) is 12.7. The Morgan fingerprint density at radius 2 is 1.67 bits per heavy atom. The van der Waals surface area contributed by atoms with E-state index in [1.807, 2.05) is 0 Å². The summed E-state index contributed by atoms with van der Waals surface area (Å²) in [5.74, 6) is -0.969. The molecule has 0 saturated carbocycles. The first kappa shape index (κ1) is 13.9. The van der Waals surface area contributed by atoms with Gasteiger partial charge in [-0.05, 0) is 60.3 Å². The van der Waals surface area contributed by atoms with Gasteiger partial charge in [0, 0.05) is 0 Å². The quantitative estimate of drug-likeness (QED) is 0.698. The van der Waals surface area contributed by atoms with Gasteiger partial charge in [0.15, 0.2) is 0 Å². The Bertz CT molecular complexity index is 700. The van der Waals surface area contributed by atoms with E-state index in [2.05, 4.69) is 0 Å². The summed E-state index contributed by atoms with van der Waals surface area (Å²) in [6, 6.07) is 4.44. The number of hydrogen-bond donors (Lipinski definition) is 0. The molecule has 0 aromatic heterocycles. The summed E-state index contributed by atoms with van der Waals surface area (Å²) in [5.41, 5.74) is 0.660. The van der Waals surface area contributed by atoms with E-state index in [4.69, 9.17) is 6.11 Å². The molecular weight excluding hydrogens is 284 g/mol. The van der Waals surface area contributed by atoms with Gasteiger partial charge in [-0.25, -0.2) is 4.39 Å². The van der Waals surface area contributed by atoms with Gasteiger partial charge in [0.25, 0.3) is 0 Å². The number of aryl methyl sites for hydroxylation is 2. The zero-order chi connectivity index (χ0) is 16.7. The zero-order valence-corrected chi connectivity index (χ0v) is 11.7. The maximum absolute atomic E-state index is 13.6. The van der Waals surface area contributed by atoms with Crippen molar-refractivity contribution in [1.82, 2.24) is 0 Å². The smallest absolute Gasteiger partial charge is 0.419 e. The largest absolute Gasteiger partial charge is 0.497 e. The van der Waals surface area contributed by atoms with Crippen molar-refractivity contribution in [3.05, 3.63) is 52.8 Å². The van der Waals surface area contributed by atoms with Crippen LogP contribution in [0.2, 0.25) is 0 Å². The minimum Gasteiger partial charge on any atom is -0.497 e. The molecule has 2 aromatic carbocycles.